The summed E-state index contributed by atoms with van der Waals surface area (Å²) >= 11 is 0. The van der Waals surface area contributed by atoms with Crippen LogP contribution in [0.5, 0.6) is 0 Å². The molecule has 0 aliphatic carbocycles. The van der Waals surface area contributed by atoms with Crippen LogP contribution in [0.1, 0.15) is 12.0 Å². The molecule has 0 saturated heterocycles. The zero-order valence-electron chi connectivity index (χ0n) is 9.83. The van der Waals surface area contributed by atoms with E-state index in [1.807, 2.05) is 0 Å². The number of aromatic nitrogens is 2. The minimum absolute atomic E-state index is 0.0386. The van der Waals surface area contributed by atoms with Gasteiger partial charge in [-0.2, -0.15) is 0 Å². The highest BCUT2D eigenvalue weighted by molar-refractivity contribution is 5.80. The van der Waals surface area contributed by atoms with Crippen LogP contribution in [0.3, 0.4) is 0 Å². The van der Waals surface area contributed by atoms with Crippen molar-refractivity contribution in [2.45, 2.75) is 6.42 Å². The highest BCUT2D eigenvalue weighted by Gasteiger charge is 2.01. The fourth-order valence-corrected chi connectivity index (χ4v) is 1.63. The first kappa shape index (κ1) is 12.0. The van der Waals surface area contributed by atoms with Gasteiger partial charge in [-0.1, -0.05) is 18.2 Å². The summed E-state index contributed by atoms with van der Waals surface area (Å²) in [6.45, 7) is 0. The van der Waals surface area contributed by atoms with Crippen LogP contribution in [0.15, 0.2) is 35.4 Å². The Bertz CT molecular complexity index is 686. The van der Waals surface area contributed by atoms with Gasteiger partial charge in [-0.25, -0.2) is 4.98 Å². The number of benzene rings is 1. The molecule has 0 radical (unpaired) electrons. The van der Waals surface area contributed by atoms with Crippen molar-refractivity contribution in [1.29, 1.82) is 0 Å². The van der Waals surface area contributed by atoms with E-state index < -0.39 is 5.97 Å². The highest BCUT2D eigenvalue weighted by atomic mass is 16.4. The molecule has 5 nitrogen and oxygen atoms in total. The van der Waals surface area contributed by atoms with Crippen molar-refractivity contribution in [2.75, 3.05) is 0 Å². The van der Waals surface area contributed by atoms with Crippen molar-refractivity contribution in [1.82, 2.24) is 9.55 Å². The van der Waals surface area contributed by atoms with Gasteiger partial charge in [0.2, 0.25) is 0 Å². The Labute approximate surface area is 103 Å². The number of carboxylic acid groups (broad SMARTS) is 1. The molecule has 1 heterocycles. The monoisotopic (exact) mass is 244 g/mol. The normalized spacial score (nSPS) is 11.2. The lowest BCUT2D eigenvalue weighted by atomic mass is 10.1. The number of carboxylic acids is 1. The Morgan fingerprint density at radius 3 is 3.00 bits per heavy atom. The molecule has 92 valence electrons. The predicted octanol–water partition coefficient (Wildman–Crippen LogP) is 1.42. The van der Waals surface area contributed by atoms with Crippen molar-refractivity contribution < 1.29 is 9.90 Å². The molecule has 2 rings (SSSR count). The number of carbonyl (C=O) groups is 1. The van der Waals surface area contributed by atoms with E-state index in [1.165, 1.54) is 10.9 Å². The smallest absolute Gasteiger partial charge is 0.307 e. The van der Waals surface area contributed by atoms with Crippen molar-refractivity contribution in [2.24, 2.45) is 7.05 Å². The Morgan fingerprint density at radius 2 is 2.28 bits per heavy atom. The quantitative estimate of drug-likeness (QED) is 0.886. The number of nitrogens with zero attached hydrogens (tertiary/aromatic N) is 2. The first-order valence-corrected chi connectivity index (χ1v) is 5.41. The molecule has 2 aromatic rings. The average molecular weight is 244 g/mol. The molecule has 0 saturated carbocycles. The van der Waals surface area contributed by atoms with E-state index >= 15 is 0 Å². The van der Waals surface area contributed by atoms with Crippen LogP contribution in [-0.2, 0) is 11.8 Å². The molecule has 0 bridgehead atoms. The fraction of sp³-hybridized carbons (Fsp3) is 0.154. The minimum Gasteiger partial charge on any atom is -0.481 e. The number of hydrogen-bond acceptors (Lipinski definition) is 3. The van der Waals surface area contributed by atoms with Crippen LogP contribution in [0.2, 0.25) is 0 Å². The lowest BCUT2D eigenvalue weighted by Gasteiger charge is -2.01. The lowest BCUT2D eigenvalue weighted by molar-refractivity contribution is -0.135. The zero-order chi connectivity index (χ0) is 13.1. The second kappa shape index (κ2) is 4.83. The summed E-state index contributed by atoms with van der Waals surface area (Å²) in [6.07, 6.45) is 4.66. The second-order valence-corrected chi connectivity index (χ2v) is 3.94. The molecule has 1 aromatic heterocycles. The van der Waals surface area contributed by atoms with E-state index in [0.29, 0.717) is 10.9 Å². The standard InChI is InChI=1S/C13H12N2O3/c1-15-8-14-11-6-5-9(3-2-4-12(16)17)7-10(11)13(15)18/h2-3,5-8H,4H2,1H3,(H,16,17). The molecule has 0 unspecified atom stereocenters. The molecule has 1 N–H and O–H groups in total. The van der Waals surface area contributed by atoms with Crippen LogP contribution in [-0.4, -0.2) is 20.6 Å². The van der Waals surface area contributed by atoms with Gasteiger partial charge in [-0.3, -0.25) is 9.59 Å². The molecule has 1 aromatic carbocycles. The van der Waals surface area contributed by atoms with Gasteiger partial charge in [0.05, 0.1) is 23.7 Å². The lowest BCUT2D eigenvalue weighted by Crippen LogP contribution is -2.16. The molecular weight excluding hydrogens is 232 g/mol. The van der Waals surface area contributed by atoms with Gasteiger partial charge in [-0.15, -0.1) is 0 Å². The van der Waals surface area contributed by atoms with Crippen molar-refractivity contribution >= 4 is 22.9 Å². The molecule has 0 amide bonds. The van der Waals surface area contributed by atoms with Crippen LogP contribution in [0, 0.1) is 0 Å². The minimum atomic E-state index is -0.885. The van der Waals surface area contributed by atoms with Gasteiger partial charge < -0.3 is 9.67 Å². The summed E-state index contributed by atoms with van der Waals surface area (Å²) in [5, 5.41) is 9.05. The van der Waals surface area contributed by atoms with E-state index in [0.717, 1.165) is 5.56 Å². The SMILES string of the molecule is Cn1cnc2ccc(C=CCC(=O)O)cc2c1=O. The van der Waals surface area contributed by atoms with Crippen molar-refractivity contribution in [3.05, 3.63) is 46.5 Å². The summed E-state index contributed by atoms with van der Waals surface area (Å²) < 4.78 is 1.41. The summed E-state index contributed by atoms with van der Waals surface area (Å²) in [7, 11) is 1.64. The predicted molar refractivity (Wildman–Crippen MR) is 68.3 cm³/mol. The maximum Gasteiger partial charge on any atom is 0.307 e. The highest BCUT2D eigenvalue weighted by Crippen LogP contribution is 2.11. The number of rotatable bonds is 3. The third kappa shape index (κ3) is 2.45. The molecule has 0 aliphatic heterocycles. The van der Waals surface area contributed by atoms with Crippen molar-refractivity contribution in [3.8, 4) is 0 Å². The van der Waals surface area contributed by atoms with E-state index in [9.17, 15) is 9.59 Å². The van der Waals surface area contributed by atoms with Gasteiger partial charge in [-0.05, 0) is 17.7 Å². The number of fused-ring (bicyclic) bond motifs is 1. The van der Waals surface area contributed by atoms with E-state index in [4.69, 9.17) is 5.11 Å². The van der Waals surface area contributed by atoms with Gasteiger partial charge >= 0.3 is 5.97 Å². The van der Waals surface area contributed by atoms with Crippen LogP contribution in [0.25, 0.3) is 17.0 Å². The molecule has 18 heavy (non-hydrogen) atoms. The van der Waals surface area contributed by atoms with Gasteiger partial charge in [0.25, 0.3) is 5.56 Å². The molecule has 0 aliphatic rings. The first-order chi connectivity index (χ1) is 8.58. The third-order valence-corrected chi connectivity index (χ3v) is 2.54. The number of aliphatic carboxylic acids is 1. The Hall–Kier alpha value is -2.43. The van der Waals surface area contributed by atoms with Crippen LogP contribution in [0.4, 0.5) is 0 Å². The largest absolute Gasteiger partial charge is 0.481 e. The average Bonchev–Trinajstić information content (AvgIpc) is 2.34. The van der Waals surface area contributed by atoms with E-state index in [1.54, 1.807) is 37.4 Å². The Morgan fingerprint density at radius 1 is 1.50 bits per heavy atom. The fourth-order valence-electron chi connectivity index (χ4n) is 1.63. The molecule has 0 fully saturated rings. The summed E-state index contributed by atoms with van der Waals surface area (Å²) in [5.41, 5.74) is 1.30. The molecular formula is C13H12N2O3. The van der Waals surface area contributed by atoms with Crippen LogP contribution < -0.4 is 5.56 Å². The van der Waals surface area contributed by atoms with E-state index in [2.05, 4.69) is 4.98 Å². The van der Waals surface area contributed by atoms with E-state index in [-0.39, 0.29) is 12.0 Å². The summed E-state index contributed by atoms with van der Waals surface area (Å²) in [5.74, 6) is -0.885. The third-order valence-electron chi connectivity index (χ3n) is 2.54. The first-order valence-electron chi connectivity index (χ1n) is 5.41. The topological polar surface area (TPSA) is 72.2 Å². The number of aryl methyl sites for hydroxylation is 1. The van der Waals surface area contributed by atoms with Crippen LogP contribution >= 0.6 is 0 Å². The van der Waals surface area contributed by atoms with Gasteiger partial charge in [0, 0.05) is 7.05 Å². The molecule has 5 heteroatoms. The maximum atomic E-state index is 11.9. The summed E-state index contributed by atoms with van der Waals surface area (Å²) in [6, 6.07) is 5.26. The number of hydrogen-bond donors (Lipinski definition) is 1. The Kier molecular flexibility index (Phi) is 3.23. The van der Waals surface area contributed by atoms with Gasteiger partial charge in [0.15, 0.2) is 0 Å². The Balaban J connectivity index is 2.43. The molecule has 0 spiro atoms. The van der Waals surface area contributed by atoms with Gasteiger partial charge in [0.1, 0.15) is 0 Å². The second-order valence-electron chi connectivity index (χ2n) is 3.94. The zero-order valence-corrected chi connectivity index (χ0v) is 9.83. The van der Waals surface area contributed by atoms with Crippen molar-refractivity contribution in [3.63, 3.8) is 0 Å². The maximum absolute atomic E-state index is 11.9. The molecule has 0 atom stereocenters. The summed E-state index contributed by atoms with van der Waals surface area (Å²) in [4.78, 5) is 26.4.